The molecule has 6 nitrogen and oxygen atoms in total. The standard InChI is InChI=1S/C48H28N6S/c1-3-13-29(14-4-1)43-33-17-7-10-20-36(33)51-48(52-43)30-23-25-32(26-24-30)54-38-22-12-9-19-35(38)41-40-34-18-8-11-21-37(34)53(31-15-5-2-6-16-31)45(40)42-44-39(27-49-28-50-44)55-47(42)46(41)54/h1-28H. The van der Waals surface area contributed by atoms with E-state index in [1.807, 2.05) is 24.4 Å². The number of nitrogens with zero attached hydrogens (tertiary/aromatic N) is 6. The highest BCUT2D eigenvalue weighted by Gasteiger charge is 2.27. The zero-order valence-electron chi connectivity index (χ0n) is 29.3. The fourth-order valence-electron chi connectivity index (χ4n) is 8.57. The summed E-state index contributed by atoms with van der Waals surface area (Å²) in [7, 11) is 0. The van der Waals surface area contributed by atoms with Gasteiger partial charge in [0.05, 0.1) is 48.2 Å². The minimum absolute atomic E-state index is 0.701. The van der Waals surface area contributed by atoms with Crippen LogP contribution in [0.25, 0.3) is 109 Å². The summed E-state index contributed by atoms with van der Waals surface area (Å²) < 4.78 is 7.11. The first-order chi connectivity index (χ1) is 27.3. The molecule has 0 spiro atoms. The number of fused-ring (bicyclic) bond motifs is 13. The van der Waals surface area contributed by atoms with Gasteiger partial charge in [-0.15, -0.1) is 11.3 Å². The minimum Gasteiger partial charge on any atom is -0.308 e. The molecule has 0 saturated carbocycles. The summed E-state index contributed by atoms with van der Waals surface area (Å²) in [5.41, 5.74) is 11.7. The van der Waals surface area contributed by atoms with Gasteiger partial charge in [-0.25, -0.2) is 19.9 Å². The molecule has 12 aromatic rings. The van der Waals surface area contributed by atoms with Crippen LogP contribution in [0.15, 0.2) is 170 Å². The van der Waals surface area contributed by atoms with Crippen molar-refractivity contribution in [3.63, 3.8) is 0 Å². The lowest BCUT2D eigenvalue weighted by Gasteiger charge is -2.12. The Hall–Kier alpha value is -7.22. The summed E-state index contributed by atoms with van der Waals surface area (Å²) in [5, 5.41) is 7.06. The van der Waals surface area contributed by atoms with Gasteiger partial charge < -0.3 is 9.13 Å². The van der Waals surface area contributed by atoms with Crippen LogP contribution < -0.4 is 0 Å². The molecule has 55 heavy (non-hydrogen) atoms. The third-order valence-corrected chi connectivity index (χ3v) is 12.0. The quantitative estimate of drug-likeness (QED) is 0.182. The van der Waals surface area contributed by atoms with E-state index in [0.29, 0.717) is 5.82 Å². The predicted octanol–water partition coefficient (Wildman–Crippen LogP) is 12.3. The molecular formula is C48H28N6S. The van der Waals surface area contributed by atoms with Crippen molar-refractivity contribution in [1.29, 1.82) is 0 Å². The molecule has 5 heterocycles. The van der Waals surface area contributed by atoms with E-state index in [9.17, 15) is 0 Å². The molecule has 0 atom stereocenters. The highest BCUT2D eigenvalue weighted by molar-refractivity contribution is 7.26. The highest BCUT2D eigenvalue weighted by Crippen LogP contribution is 2.50. The van der Waals surface area contributed by atoms with E-state index < -0.39 is 0 Å². The van der Waals surface area contributed by atoms with Crippen molar-refractivity contribution in [1.82, 2.24) is 29.1 Å². The summed E-state index contributed by atoms with van der Waals surface area (Å²) in [4.78, 5) is 19.6. The van der Waals surface area contributed by atoms with Crippen molar-refractivity contribution in [2.75, 3.05) is 0 Å². The van der Waals surface area contributed by atoms with Crippen molar-refractivity contribution in [2.45, 2.75) is 0 Å². The van der Waals surface area contributed by atoms with Gasteiger partial charge in [-0.3, -0.25) is 0 Å². The lowest BCUT2D eigenvalue weighted by molar-refractivity contribution is 1.18. The molecule has 0 amide bonds. The van der Waals surface area contributed by atoms with Crippen LogP contribution in [0, 0.1) is 0 Å². The number of rotatable bonds is 4. The van der Waals surface area contributed by atoms with Crippen LogP contribution in [0.5, 0.6) is 0 Å². The van der Waals surface area contributed by atoms with Crippen molar-refractivity contribution in [3.05, 3.63) is 170 Å². The molecule has 0 saturated heterocycles. The zero-order valence-corrected chi connectivity index (χ0v) is 30.1. The van der Waals surface area contributed by atoms with E-state index in [2.05, 4.69) is 154 Å². The van der Waals surface area contributed by atoms with Crippen LogP contribution in [0.1, 0.15) is 0 Å². The Morgan fingerprint density at radius 1 is 0.473 bits per heavy atom. The molecule has 12 rings (SSSR count). The molecular weight excluding hydrogens is 693 g/mol. The van der Waals surface area contributed by atoms with Gasteiger partial charge in [0.2, 0.25) is 0 Å². The van der Waals surface area contributed by atoms with Crippen molar-refractivity contribution >= 4 is 86.2 Å². The van der Waals surface area contributed by atoms with Crippen LogP contribution >= 0.6 is 11.3 Å². The zero-order chi connectivity index (χ0) is 36.0. The topological polar surface area (TPSA) is 61.4 Å². The molecule has 0 N–H and O–H groups in total. The first-order valence-electron chi connectivity index (χ1n) is 18.3. The van der Waals surface area contributed by atoms with Gasteiger partial charge in [0.1, 0.15) is 6.33 Å². The molecule has 7 aromatic carbocycles. The molecule has 0 aliphatic carbocycles. The molecule has 256 valence electrons. The minimum atomic E-state index is 0.701. The average molecular weight is 721 g/mol. The van der Waals surface area contributed by atoms with Gasteiger partial charge in [-0.1, -0.05) is 103 Å². The van der Waals surface area contributed by atoms with Gasteiger partial charge in [0, 0.05) is 61.0 Å². The van der Waals surface area contributed by atoms with E-state index in [-0.39, 0.29) is 0 Å². The van der Waals surface area contributed by atoms with E-state index >= 15 is 0 Å². The Morgan fingerprint density at radius 2 is 1.07 bits per heavy atom. The second-order valence-corrected chi connectivity index (χ2v) is 14.9. The van der Waals surface area contributed by atoms with Gasteiger partial charge in [-0.05, 0) is 54.6 Å². The van der Waals surface area contributed by atoms with Crippen LogP contribution in [0.4, 0.5) is 0 Å². The number of aromatic nitrogens is 6. The second-order valence-electron chi connectivity index (χ2n) is 13.9. The van der Waals surface area contributed by atoms with Gasteiger partial charge in [-0.2, -0.15) is 0 Å². The maximum atomic E-state index is 5.16. The molecule has 0 fully saturated rings. The fraction of sp³-hybridized carbons (Fsp3) is 0. The first-order valence-corrected chi connectivity index (χ1v) is 19.1. The monoisotopic (exact) mass is 720 g/mol. The first kappa shape index (κ1) is 30.3. The van der Waals surface area contributed by atoms with E-state index in [1.165, 1.54) is 37.3 Å². The Kier molecular flexibility index (Phi) is 6.40. The lowest BCUT2D eigenvalue weighted by atomic mass is 10.0. The summed E-state index contributed by atoms with van der Waals surface area (Å²) in [6, 6.07) is 55.6. The van der Waals surface area contributed by atoms with Crippen LogP contribution in [-0.2, 0) is 0 Å². The number of hydrogen-bond donors (Lipinski definition) is 0. The van der Waals surface area contributed by atoms with Crippen LogP contribution in [-0.4, -0.2) is 29.1 Å². The van der Waals surface area contributed by atoms with Gasteiger partial charge in [0.15, 0.2) is 5.82 Å². The maximum Gasteiger partial charge on any atom is 0.160 e. The Balaban J connectivity index is 1.17. The molecule has 0 aliphatic heterocycles. The third kappa shape index (κ3) is 4.35. The Morgan fingerprint density at radius 3 is 1.82 bits per heavy atom. The second kappa shape index (κ2) is 11.6. The van der Waals surface area contributed by atoms with Crippen molar-refractivity contribution < 1.29 is 0 Å². The fourth-order valence-corrected chi connectivity index (χ4v) is 9.74. The predicted molar refractivity (Wildman–Crippen MR) is 228 cm³/mol. The Bertz CT molecular complexity index is 3470. The lowest BCUT2D eigenvalue weighted by Crippen LogP contribution is -1.97. The van der Waals surface area contributed by atoms with Crippen LogP contribution in [0.3, 0.4) is 0 Å². The number of hydrogen-bond acceptors (Lipinski definition) is 5. The summed E-state index contributed by atoms with van der Waals surface area (Å²) in [6.07, 6.45) is 3.63. The van der Waals surface area contributed by atoms with E-state index in [4.69, 9.17) is 15.0 Å². The van der Waals surface area contributed by atoms with Crippen molar-refractivity contribution in [2.24, 2.45) is 0 Å². The molecule has 7 heteroatoms. The largest absolute Gasteiger partial charge is 0.308 e. The molecule has 0 bridgehead atoms. The smallest absolute Gasteiger partial charge is 0.160 e. The normalized spacial score (nSPS) is 12.0. The maximum absolute atomic E-state index is 5.16. The number of para-hydroxylation sites is 4. The highest BCUT2D eigenvalue weighted by atomic mass is 32.1. The van der Waals surface area contributed by atoms with E-state index in [0.717, 1.165) is 65.7 Å². The summed E-state index contributed by atoms with van der Waals surface area (Å²) in [6.45, 7) is 0. The van der Waals surface area contributed by atoms with E-state index in [1.54, 1.807) is 17.7 Å². The third-order valence-electron chi connectivity index (χ3n) is 10.9. The summed E-state index contributed by atoms with van der Waals surface area (Å²) >= 11 is 1.77. The van der Waals surface area contributed by atoms with Crippen LogP contribution in [0.2, 0.25) is 0 Å². The van der Waals surface area contributed by atoms with Gasteiger partial charge in [0.25, 0.3) is 0 Å². The molecule has 0 unspecified atom stereocenters. The Labute approximate surface area is 318 Å². The van der Waals surface area contributed by atoms with Crippen molar-refractivity contribution in [3.8, 4) is 34.0 Å². The number of benzene rings is 7. The number of thiophene rings is 1. The van der Waals surface area contributed by atoms with Gasteiger partial charge >= 0.3 is 0 Å². The molecule has 0 aliphatic rings. The molecule has 0 radical (unpaired) electrons. The molecule has 5 aromatic heterocycles. The average Bonchev–Trinajstić information content (AvgIpc) is 3.92. The summed E-state index contributed by atoms with van der Waals surface area (Å²) in [5.74, 6) is 0.701. The SMILES string of the molecule is c1ccc(-c2nc(-c3ccc(-n4c5ccccc5c5c6c7ccccc7n(-c7ccccc7)c6c6c7ncncc7sc6c54)cc3)nc3ccccc23)cc1.